The molecule has 21 heavy (non-hydrogen) atoms. The number of methoxy groups -OCH3 is 1. The van der Waals surface area contributed by atoms with Gasteiger partial charge in [0.2, 0.25) is 0 Å². The Morgan fingerprint density at radius 3 is 2.10 bits per heavy atom. The predicted molar refractivity (Wildman–Crippen MR) is 77.3 cm³/mol. The highest BCUT2D eigenvalue weighted by molar-refractivity contribution is 5.82. The van der Waals surface area contributed by atoms with Gasteiger partial charge in [0, 0.05) is 5.92 Å². The van der Waals surface area contributed by atoms with Crippen molar-refractivity contribution in [1.29, 1.82) is 0 Å². The highest BCUT2D eigenvalue weighted by Crippen LogP contribution is 2.38. The molecule has 0 radical (unpaired) electrons. The van der Waals surface area contributed by atoms with E-state index in [0.717, 1.165) is 5.56 Å². The van der Waals surface area contributed by atoms with Crippen LogP contribution in [0.4, 0.5) is 4.79 Å². The molecule has 1 aromatic carbocycles. The molecule has 2 atom stereocenters. The maximum absolute atomic E-state index is 12.0. The van der Waals surface area contributed by atoms with Crippen LogP contribution in [-0.4, -0.2) is 35.4 Å². The molecule has 1 unspecified atom stereocenters. The van der Waals surface area contributed by atoms with Gasteiger partial charge >= 0.3 is 12.1 Å². The van der Waals surface area contributed by atoms with Crippen molar-refractivity contribution < 1.29 is 24.5 Å². The van der Waals surface area contributed by atoms with Gasteiger partial charge in [0.1, 0.15) is 11.8 Å². The highest BCUT2D eigenvalue weighted by atomic mass is 16.5. The van der Waals surface area contributed by atoms with Crippen LogP contribution in [0.3, 0.4) is 0 Å². The molecule has 0 fully saturated rings. The van der Waals surface area contributed by atoms with Crippen molar-refractivity contribution in [2.45, 2.75) is 32.7 Å². The quantitative estimate of drug-likeness (QED) is 0.741. The standard InChI is InChI=1S/C15H21NO5/c1-15(2,3)11(9-5-7-10(17)8-6-9)12(13(18)21-4)16-14(19)20/h5-8,11-12,16-17H,1-4H3,(H,19,20)/t11-,12?/m0/s1. The van der Waals surface area contributed by atoms with Gasteiger partial charge < -0.3 is 20.3 Å². The van der Waals surface area contributed by atoms with Crippen LogP contribution in [0, 0.1) is 5.41 Å². The van der Waals surface area contributed by atoms with Crippen LogP contribution >= 0.6 is 0 Å². The van der Waals surface area contributed by atoms with E-state index in [4.69, 9.17) is 9.84 Å². The van der Waals surface area contributed by atoms with Gasteiger partial charge in [0.15, 0.2) is 0 Å². The molecule has 3 N–H and O–H groups in total. The Labute approximate surface area is 123 Å². The minimum atomic E-state index is -1.29. The van der Waals surface area contributed by atoms with Crippen molar-refractivity contribution in [3.63, 3.8) is 0 Å². The first-order valence-electron chi connectivity index (χ1n) is 6.53. The van der Waals surface area contributed by atoms with Crippen LogP contribution in [-0.2, 0) is 9.53 Å². The number of hydrogen-bond acceptors (Lipinski definition) is 4. The molecule has 0 heterocycles. The maximum Gasteiger partial charge on any atom is 0.405 e. The van der Waals surface area contributed by atoms with Crippen molar-refractivity contribution in [1.82, 2.24) is 5.32 Å². The van der Waals surface area contributed by atoms with Crippen LogP contribution in [0.5, 0.6) is 5.75 Å². The van der Waals surface area contributed by atoms with Crippen LogP contribution in [0.25, 0.3) is 0 Å². The Morgan fingerprint density at radius 2 is 1.71 bits per heavy atom. The first kappa shape index (κ1) is 16.8. The number of aromatic hydroxyl groups is 1. The molecule has 6 nitrogen and oxygen atoms in total. The van der Waals surface area contributed by atoms with Gasteiger partial charge in [-0.3, -0.25) is 0 Å². The second-order valence-electron chi connectivity index (χ2n) is 5.89. The minimum absolute atomic E-state index is 0.104. The van der Waals surface area contributed by atoms with Gasteiger partial charge in [-0.2, -0.15) is 0 Å². The number of nitrogens with one attached hydrogen (secondary N) is 1. The summed E-state index contributed by atoms with van der Waals surface area (Å²) in [7, 11) is 1.22. The van der Waals surface area contributed by atoms with Crippen molar-refractivity contribution in [2.75, 3.05) is 7.11 Å². The summed E-state index contributed by atoms with van der Waals surface area (Å²) in [4.78, 5) is 23.0. The first-order chi connectivity index (χ1) is 9.66. The van der Waals surface area contributed by atoms with Crippen molar-refractivity contribution in [3.8, 4) is 5.75 Å². The second kappa shape index (κ2) is 6.47. The van der Waals surface area contributed by atoms with E-state index in [1.54, 1.807) is 12.1 Å². The number of carbonyl (C=O) groups is 2. The number of amides is 1. The Hall–Kier alpha value is -2.24. The summed E-state index contributed by atoms with van der Waals surface area (Å²) in [5, 5.41) is 20.6. The molecule has 1 amide bonds. The number of hydrogen-bond donors (Lipinski definition) is 3. The van der Waals surface area contributed by atoms with E-state index >= 15 is 0 Å². The van der Waals surface area contributed by atoms with Crippen LogP contribution in [0.1, 0.15) is 32.3 Å². The third-order valence-corrected chi connectivity index (χ3v) is 3.25. The number of phenolic OH excluding ortho intramolecular Hbond substituents is 1. The van der Waals surface area contributed by atoms with Gasteiger partial charge in [-0.25, -0.2) is 9.59 Å². The Kier molecular flexibility index (Phi) is 5.18. The Bertz CT molecular complexity index is 504. The topological polar surface area (TPSA) is 95.9 Å². The van der Waals surface area contributed by atoms with Gasteiger partial charge in [-0.1, -0.05) is 32.9 Å². The largest absolute Gasteiger partial charge is 0.508 e. The fraction of sp³-hybridized carbons (Fsp3) is 0.467. The van der Waals surface area contributed by atoms with E-state index in [-0.39, 0.29) is 5.75 Å². The first-order valence-corrected chi connectivity index (χ1v) is 6.53. The molecule has 116 valence electrons. The van der Waals surface area contributed by atoms with Gasteiger partial charge in [0.25, 0.3) is 0 Å². The van der Waals surface area contributed by atoms with Crippen LogP contribution in [0.15, 0.2) is 24.3 Å². The van der Waals surface area contributed by atoms with Crippen molar-refractivity contribution in [3.05, 3.63) is 29.8 Å². The third-order valence-electron chi connectivity index (χ3n) is 3.25. The second-order valence-corrected chi connectivity index (χ2v) is 5.89. The fourth-order valence-corrected chi connectivity index (χ4v) is 2.41. The normalized spacial score (nSPS) is 14.1. The molecular formula is C15H21NO5. The molecule has 0 aliphatic carbocycles. The summed E-state index contributed by atoms with van der Waals surface area (Å²) in [6, 6.07) is 5.32. The molecule has 0 aliphatic heterocycles. The summed E-state index contributed by atoms with van der Waals surface area (Å²) >= 11 is 0. The van der Waals surface area contributed by atoms with Crippen molar-refractivity contribution >= 4 is 12.1 Å². The molecule has 0 aromatic heterocycles. The number of carbonyl (C=O) groups excluding carboxylic acids is 1. The van der Waals surface area contributed by atoms with E-state index in [1.807, 2.05) is 20.8 Å². The SMILES string of the molecule is COC(=O)C(NC(=O)O)[C@H](c1ccc(O)cc1)C(C)(C)C. The molecular weight excluding hydrogens is 274 g/mol. The minimum Gasteiger partial charge on any atom is -0.508 e. The highest BCUT2D eigenvalue weighted by Gasteiger charge is 2.39. The summed E-state index contributed by atoms with van der Waals surface area (Å²) < 4.78 is 4.72. The number of rotatable bonds is 4. The summed E-state index contributed by atoms with van der Waals surface area (Å²) in [6.07, 6.45) is -1.29. The molecule has 6 heteroatoms. The molecule has 0 aliphatic rings. The van der Waals surface area contributed by atoms with Crippen LogP contribution in [0.2, 0.25) is 0 Å². The number of phenols is 1. The Morgan fingerprint density at radius 1 is 1.19 bits per heavy atom. The molecule has 0 spiro atoms. The zero-order valence-electron chi connectivity index (χ0n) is 12.6. The van der Waals surface area contributed by atoms with E-state index in [1.165, 1.54) is 19.2 Å². The lowest BCUT2D eigenvalue weighted by Gasteiger charge is -2.36. The summed E-state index contributed by atoms with van der Waals surface area (Å²) in [5.74, 6) is -0.987. The fourth-order valence-electron chi connectivity index (χ4n) is 2.41. The third kappa shape index (κ3) is 4.37. The predicted octanol–water partition coefficient (Wildman–Crippen LogP) is 2.33. The number of ether oxygens (including phenoxy) is 1. The molecule has 1 rings (SSSR count). The average molecular weight is 295 g/mol. The number of carboxylic acid groups (broad SMARTS) is 1. The van der Waals surface area contributed by atoms with E-state index in [0.29, 0.717) is 0 Å². The van der Waals surface area contributed by atoms with E-state index in [9.17, 15) is 14.7 Å². The smallest absolute Gasteiger partial charge is 0.405 e. The maximum atomic E-state index is 12.0. The van der Waals surface area contributed by atoms with Gasteiger partial charge in [-0.05, 0) is 23.1 Å². The summed E-state index contributed by atoms with van der Waals surface area (Å²) in [6.45, 7) is 5.72. The number of esters is 1. The van der Waals surface area contributed by atoms with Gasteiger partial charge in [0.05, 0.1) is 7.11 Å². The molecule has 0 saturated carbocycles. The number of benzene rings is 1. The monoisotopic (exact) mass is 295 g/mol. The van der Waals surface area contributed by atoms with Gasteiger partial charge in [-0.15, -0.1) is 0 Å². The lowest BCUT2D eigenvalue weighted by molar-refractivity contribution is -0.144. The average Bonchev–Trinajstić information content (AvgIpc) is 2.37. The van der Waals surface area contributed by atoms with E-state index < -0.39 is 29.4 Å². The van der Waals surface area contributed by atoms with E-state index in [2.05, 4.69) is 5.32 Å². The molecule has 0 saturated heterocycles. The lowest BCUT2D eigenvalue weighted by Crippen LogP contribution is -2.48. The van der Waals surface area contributed by atoms with Crippen LogP contribution < -0.4 is 5.32 Å². The zero-order valence-corrected chi connectivity index (χ0v) is 12.6. The summed E-state index contributed by atoms with van der Waals surface area (Å²) in [5.41, 5.74) is 0.336. The molecule has 1 aromatic rings. The Balaban J connectivity index is 3.29. The zero-order chi connectivity index (χ0) is 16.2. The molecule has 0 bridgehead atoms. The van der Waals surface area contributed by atoms with Crippen molar-refractivity contribution in [2.24, 2.45) is 5.41 Å². The lowest BCUT2D eigenvalue weighted by atomic mass is 9.72.